The number of esters is 1. The van der Waals surface area contributed by atoms with Crippen molar-refractivity contribution in [2.24, 2.45) is 5.92 Å². The Labute approximate surface area is 229 Å². The number of aromatic nitrogens is 1. The van der Waals surface area contributed by atoms with Crippen molar-refractivity contribution in [1.29, 1.82) is 0 Å². The van der Waals surface area contributed by atoms with Crippen molar-refractivity contribution in [2.75, 3.05) is 45.3 Å². The number of likely N-dealkylation sites (tertiary alicyclic amines) is 1. The monoisotopic (exact) mass is 565 g/mol. The van der Waals surface area contributed by atoms with Gasteiger partial charge in [-0.05, 0) is 80.8 Å². The number of hydrogen-bond acceptors (Lipinski definition) is 8. The molecule has 0 bridgehead atoms. The number of urea groups is 1. The molecule has 2 aliphatic rings. The molecule has 0 atom stereocenters. The maximum atomic E-state index is 14.4. The molecule has 1 aromatic carbocycles. The zero-order valence-corrected chi connectivity index (χ0v) is 22.6. The van der Waals surface area contributed by atoms with Gasteiger partial charge in [-0.25, -0.2) is 18.4 Å². The quantitative estimate of drug-likeness (QED) is 0.335. The van der Waals surface area contributed by atoms with Crippen LogP contribution in [0.1, 0.15) is 58.4 Å². The molecule has 1 saturated heterocycles. The molecule has 4 rings (SSSR count). The van der Waals surface area contributed by atoms with Crippen molar-refractivity contribution in [3.05, 3.63) is 40.7 Å². The number of hydrogen-bond donors (Lipinski definition) is 3. The summed E-state index contributed by atoms with van der Waals surface area (Å²) >= 11 is 0.834. The molecule has 1 aliphatic heterocycles. The zero-order chi connectivity index (χ0) is 27.8. The Morgan fingerprint density at radius 3 is 2.64 bits per heavy atom. The van der Waals surface area contributed by atoms with Gasteiger partial charge in [-0.1, -0.05) is 0 Å². The average molecular weight is 566 g/mol. The highest BCUT2D eigenvalue weighted by Gasteiger charge is 2.26. The minimum atomic E-state index is -0.771. The lowest BCUT2D eigenvalue weighted by atomic mass is 9.93. The first-order chi connectivity index (χ1) is 18.9. The van der Waals surface area contributed by atoms with E-state index >= 15 is 0 Å². The fourth-order valence-corrected chi connectivity index (χ4v) is 5.08. The number of alkyl halides is 1. The predicted octanol–water partition coefficient (Wildman–Crippen LogP) is 3.73. The molecule has 0 unspecified atom stereocenters. The van der Waals surface area contributed by atoms with E-state index in [1.165, 1.54) is 25.3 Å². The number of halogens is 2. The van der Waals surface area contributed by atoms with E-state index in [1.807, 2.05) is 0 Å². The van der Waals surface area contributed by atoms with Crippen molar-refractivity contribution >= 4 is 34.4 Å². The van der Waals surface area contributed by atoms with Gasteiger partial charge in [0.05, 0.1) is 7.11 Å². The minimum Gasteiger partial charge on any atom is -0.471 e. The van der Waals surface area contributed by atoms with Crippen LogP contribution in [-0.4, -0.2) is 73.2 Å². The highest BCUT2D eigenvalue weighted by molar-refractivity contribution is 7.11. The van der Waals surface area contributed by atoms with Crippen molar-refractivity contribution in [1.82, 2.24) is 19.9 Å². The van der Waals surface area contributed by atoms with E-state index in [0.717, 1.165) is 56.7 Å². The lowest BCUT2D eigenvalue weighted by molar-refractivity contribution is 0.0596. The van der Waals surface area contributed by atoms with E-state index in [9.17, 15) is 23.2 Å². The number of rotatable bonds is 12. The molecule has 1 aromatic heterocycles. The molecule has 2 aromatic rings. The summed E-state index contributed by atoms with van der Waals surface area (Å²) in [6.45, 7) is 1.99. The summed E-state index contributed by atoms with van der Waals surface area (Å²) in [6.07, 6.45) is 4.57. The molecule has 39 heavy (non-hydrogen) atoms. The van der Waals surface area contributed by atoms with Gasteiger partial charge in [0.25, 0.3) is 5.91 Å². The van der Waals surface area contributed by atoms with Crippen LogP contribution in [0.2, 0.25) is 0 Å². The molecule has 212 valence electrons. The second-order valence-corrected chi connectivity index (χ2v) is 10.4. The highest BCUT2D eigenvalue weighted by atomic mass is 32.1. The van der Waals surface area contributed by atoms with Gasteiger partial charge in [0.15, 0.2) is 5.56 Å². The zero-order valence-electron chi connectivity index (χ0n) is 21.8. The Kier molecular flexibility index (Phi) is 10.0. The lowest BCUT2D eigenvalue weighted by Crippen LogP contribution is -2.37. The van der Waals surface area contributed by atoms with Crippen molar-refractivity contribution in [2.45, 2.75) is 44.8 Å². The third-order valence-electron chi connectivity index (χ3n) is 6.81. The molecule has 0 spiro atoms. The first-order valence-electron chi connectivity index (χ1n) is 13.0. The van der Waals surface area contributed by atoms with E-state index in [1.54, 1.807) is 0 Å². The topological polar surface area (TPSA) is 122 Å². The lowest BCUT2D eigenvalue weighted by Gasteiger charge is -2.31. The summed E-state index contributed by atoms with van der Waals surface area (Å²) in [5.41, 5.74) is 0.337. The third kappa shape index (κ3) is 8.09. The average Bonchev–Trinajstić information content (AvgIpc) is 3.66. The van der Waals surface area contributed by atoms with Crippen LogP contribution < -0.4 is 20.7 Å². The maximum Gasteiger partial charge on any atom is 0.346 e. The van der Waals surface area contributed by atoms with E-state index in [0.29, 0.717) is 24.6 Å². The molecular weight excluding hydrogens is 532 g/mol. The normalized spacial score (nSPS) is 16.0. The van der Waals surface area contributed by atoms with Gasteiger partial charge in [-0.15, -0.1) is 0 Å². The van der Waals surface area contributed by atoms with E-state index in [2.05, 4.69) is 25.2 Å². The Hall–Kier alpha value is -3.32. The predicted molar refractivity (Wildman–Crippen MR) is 141 cm³/mol. The van der Waals surface area contributed by atoms with Crippen LogP contribution in [-0.2, 0) is 11.3 Å². The van der Waals surface area contributed by atoms with Crippen LogP contribution >= 0.6 is 11.5 Å². The Morgan fingerprint density at radius 1 is 1.18 bits per heavy atom. The van der Waals surface area contributed by atoms with Crippen LogP contribution in [0.15, 0.2) is 18.2 Å². The number of anilines is 1. The van der Waals surface area contributed by atoms with Gasteiger partial charge >= 0.3 is 12.0 Å². The van der Waals surface area contributed by atoms with Crippen molar-refractivity contribution in [3.63, 3.8) is 0 Å². The molecule has 10 nitrogen and oxygen atoms in total. The van der Waals surface area contributed by atoms with Gasteiger partial charge in [0.1, 0.15) is 24.1 Å². The summed E-state index contributed by atoms with van der Waals surface area (Å²) in [5.74, 6) is -1.29. The number of amides is 3. The fraction of sp³-hybridized carbons (Fsp3) is 0.538. The summed E-state index contributed by atoms with van der Waals surface area (Å²) in [6, 6.07) is 3.64. The summed E-state index contributed by atoms with van der Waals surface area (Å²) < 4.78 is 41.5. The largest absolute Gasteiger partial charge is 0.471 e. The smallest absolute Gasteiger partial charge is 0.346 e. The number of methoxy groups -OCH3 is 1. The molecular formula is C26H33F2N5O5S. The number of piperidine rings is 1. The van der Waals surface area contributed by atoms with Gasteiger partial charge in [0, 0.05) is 30.3 Å². The SMILES string of the molecule is COC(=O)c1c(OCc2cc(C(=O)NC3CC3)ccc2F)nsc1NC(=O)NCCC1CCN(CCF)CC1. The van der Waals surface area contributed by atoms with E-state index in [4.69, 9.17) is 9.47 Å². The maximum absolute atomic E-state index is 14.4. The standard InChI is InChI=1S/C26H33F2N5O5S/c1-37-25(35)21-23(38-15-18-14-17(2-5-20(18)28)22(34)30-19-3-4-19)32-39-24(21)31-26(36)29-10-6-16-7-11-33(12-8-16)13-9-27/h2,5,14,16,19H,3-4,6-13,15H2,1H3,(H,30,34)(H2,29,31,36). The fourth-order valence-electron chi connectivity index (χ4n) is 4.37. The number of benzene rings is 1. The molecule has 3 amide bonds. The summed E-state index contributed by atoms with van der Waals surface area (Å²) in [7, 11) is 1.19. The number of carbonyl (C=O) groups excluding carboxylic acids is 3. The van der Waals surface area contributed by atoms with Crippen molar-refractivity contribution in [3.8, 4) is 5.88 Å². The van der Waals surface area contributed by atoms with E-state index < -0.39 is 17.8 Å². The van der Waals surface area contributed by atoms with Crippen LogP contribution in [0.3, 0.4) is 0 Å². The van der Waals surface area contributed by atoms with Crippen LogP contribution in [0, 0.1) is 11.7 Å². The number of ether oxygens (including phenoxy) is 2. The van der Waals surface area contributed by atoms with E-state index in [-0.39, 0.29) is 47.2 Å². The molecule has 1 saturated carbocycles. The first-order valence-corrected chi connectivity index (χ1v) is 13.8. The Bertz CT molecular complexity index is 1170. The molecule has 3 N–H and O–H groups in total. The first kappa shape index (κ1) is 28.7. The van der Waals surface area contributed by atoms with Crippen LogP contribution in [0.25, 0.3) is 0 Å². The Balaban J connectivity index is 1.32. The third-order valence-corrected chi connectivity index (χ3v) is 7.55. The Morgan fingerprint density at radius 2 is 1.95 bits per heavy atom. The highest BCUT2D eigenvalue weighted by Crippen LogP contribution is 2.32. The van der Waals surface area contributed by atoms with Gasteiger partial charge in [-0.2, -0.15) is 4.37 Å². The number of nitrogens with one attached hydrogen (secondary N) is 3. The second kappa shape index (κ2) is 13.7. The molecule has 13 heteroatoms. The summed E-state index contributed by atoms with van der Waals surface area (Å²) in [4.78, 5) is 39.4. The molecule has 1 aliphatic carbocycles. The van der Waals surface area contributed by atoms with Crippen LogP contribution in [0.5, 0.6) is 5.88 Å². The second-order valence-electron chi connectivity index (χ2n) is 9.67. The number of carbonyl (C=O) groups is 3. The molecule has 2 heterocycles. The van der Waals surface area contributed by atoms with Gasteiger partial charge in [0.2, 0.25) is 5.88 Å². The summed E-state index contributed by atoms with van der Waals surface area (Å²) in [5, 5.41) is 8.38. The minimum absolute atomic E-state index is 0.0825. The molecule has 2 fully saturated rings. The van der Waals surface area contributed by atoms with Gasteiger partial charge < -0.3 is 25.0 Å². The van der Waals surface area contributed by atoms with Crippen LogP contribution in [0.4, 0.5) is 18.6 Å². The van der Waals surface area contributed by atoms with Crippen molar-refractivity contribution < 1.29 is 32.6 Å². The number of nitrogens with zero attached hydrogens (tertiary/aromatic N) is 2. The molecule has 0 radical (unpaired) electrons. The van der Waals surface area contributed by atoms with Gasteiger partial charge in [-0.3, -0.25) is 10.1 Å².